The number of amides is 1. The van der Waals surface area contributed by atoms with Crippen molar-refractivity contribution in [2.24, 2.45) is 0 Å². The Morgan fingerprint density at radius 2 is 2.11 bits per heavy atom. The van der Waals surface area contributed by atoms with Crippen LogP contribution in [0.2, 0.25) is 0 Å². The summed E-state index contributed by atoms with van der Waals surface area (Å²) in [6.07, 6.45) is 3.45. The highest BCUT2D eigenvalue weighted by atomic mass is 16.5. The van der Waals surface area contributed by atoms with Crippen molar-refractivity contribution in [1.82, 2.24) is 30.3 Å². The van der Waals surface area contributed by atoms with E-state index >= 15 is 0 Å². The molecule has 0 saturated carbocycles. The summed E-state index contributed by atoms with van der Waals surface area (Å²) in [5, 5.41) is 15.3. The summed E-state index contributed by atoms with van der Waals surface area (Å²) >= 11 is 0. The maximum atomic E-state index is 13.0. The van der Waals surface area contributed by atoms with Gasteiger partial charge in [-0.2, -0.15) is 0 Å². The lowest BCUT2D eigenvalue weighted by Gasteiger charge is -2.23. The topological polar surface area (TPSA) is 89.9 Å². The monoisotopic (exact) mass is 366 g/mol. The summed E-state index contributed by atoms with van der Waals surface area (Å²) in [6, 6.07) is 9.56. The molecular weight excluding hydrogens is 344 g/mol. The van der Waals surface area contributed by atoms with Crippen molar-refractivity contribution in [1.29, 1.82) is 0 Å². The van der Waals surface area contributed by atoms with Crippen molar-refractivity contribution in [3.8, 4) is 0 Å². The molecule has 0 radical (unpaired) electrons. The lowest BCUT2D eigenvalue weighted by molar-refractivity contribution is 0.0731. The molecule has 27 heavy (non-hydrogen) atoms. The first-order valence-electron chi connectivity index (χ1n) is 9.19. The van der Waals surface area contributed by atoms with Gasteiger partial charge < -0.3 is 9.42 Å². The van der Waals surface area contributed by atoms with Gasteiger partial charge in [-0.1, -0.05) is 31.1 Å². The molecule has 3 aromatic rings. The minimum atomic E-state index is -0.0188. The van der Waals surface area contributed by atoms with Gasteiger partial charge in [0.2, 0.25) is 0 Å². The molecule has 0 aliphatic carbocycles. The van der Waals surface area contributed by atoms with Gasteiger partial charge in [-0.05, 0) is 41.0 Å². The van der Waals surface area contributed by atoms with Crippen LogP contribution in [-0.2, 0) is 6.54 Å². The Morgan fingerprint density at radius 3 is 2.78 bits per heavy atom. The van der Waals surface area contributed by atoms with Crippen LogP contribution < -0.4 is 0 Å². The fraction of sp³-hybridized carbons (Fsp3) is 0.421. The number of hydrogen-bond acceptors (Lipinski definition) is 6. The van der Waals surface area contributed by atoms with E-state index in [0.29, 0.717) is 12.1 Å². The number of tetrazole rings is 1. The Morgan fingerprint density at radius 1 is 1.30 bits per heavy atom. The number of aromatic nitrogens is 5. The van der Waals surface area contributed by atoms with Gasteiger partial charge >= 0.3 is 0 Å². The van der Waals surface area contributed by atoms with Crippen molar-refractivity contribution in [3.05, 3.63) is 59.2 Å². The minimum absolute atomic E-state index is 0.0188. The largest absolute Gasteiger partial charge is 0.361 e. The van der Waals surface area contributed by atoms with E-state index in [1.54, 1.807) is 11.0 Å². The van der Waals surface area contributed by atoms with E-state index in [0.717, 1.165) is 36.4 Å². The van der Waals surface area contributed by atoms with Gasteiger partial charge in [0.05, 0.1) is 12.6 Å². The molecule has 1 aliphatic heterocycles. The Bertz CT molecular complexity index is 901. The van der Waals surface area contributed by atoms with E-state index in [1.165, 1.54) is 0 Å². The van der Waals surface area contributed by atoms with Gasteiger partial charge in [-0.15, -0.1) is 5.10 Å². The number of carbonyl (C=O) groups excluding carboxylic acids is 1. The molecular formula is C19H22N6O2. The van der Waals surface area contributed by atoms with Gasteiger partial charge in [0, 0.05) is 24.1 Å². The average Bonchev–Trinajstić information content (AvgIpc) is 3.42. The van der Waals surface area contributed by atoms with E-state index in [-0.39, 0.29) is 17.9 Å². The smallest absolute Gasteiger partial charge is 0.254 e. The summed E-state index contributed by atoms with van der Waals surface area (Å²) < 4.78 is 7.07. The van der Waals surface area contributed by atoms with Gasteiger partial charge in [0.15, 0.2) is 0 Å². The van der Waals surface area contributed by atoms with Gasteiger partial charge in [0.1, 0.15) is 17.8 Å². The average molecular weight is 366 g/mol. The van der Waals surface area contributed by atoms with Crippen LogP contribution in [0, 0.1) is 0 Å². The van der Waals surface area contributed by atoms with Crippen LogP contribution >= 0.6 is 0 Å². The first-order valence-corrected chi connectivity index (χ1v) is 9.19. The fourth-order valence-electron chi connectivity index (χ4n) is 3.41. The highest BCUT2D eigenvalue weighted by Gasteiger charge is 2.33. The highest BCUT2D eigenvalue weighted by Crippen LogP contribution is 2.33. The number of carbonyl (C=O) groups is 1. The second kappa shape index (κ2) is 7.30. The molecule has 2 aromatic heterocycles. The molecule has 1 amide bonds. The summed E-state index contributed by atoms with van der Waals surface area (Å²) in [7, 11) is 0. The van der Waals surface area contributed by atoms with Crippen LogP contribution in [0.3, 0.4) is 0 Å². The zero-order valence-electron chi connectivity index (χ0n) is 15.4. The van der Waals surface area contributed by atoms with Crippen molar-refractivity contribution in [3.63, 3.8) is 0 Å². The van der Waals surface area contributed by atoms with E-state index < -0.39 is 0 Å². The Hall–Kier alpha value is -3.03. The molecule has 8 nitrogen and oxygen atoms in total. The van der Waals surface area contributed by atoms with Crippen LogP contribution in [0.1, 0.15) is 66.0 Å². The lowest BCUT2D eigenvalue weighted by Crippen LogP contribution is -2.30. The summed E-state index contributed by atoms with van der Waals surface area (Å²) in [6.45, 7) is 5.45. The number of hydrogen-bond donors (Lipinski definition) is 0. The molecule has 0 unspecified atom stereocenters. The van der Waals surface area contributed by atoms with Crippen LogP contribution in [0.4, 0.5) is 0 Å². The van der Waals surface area contributed by atoms with Gasteiger partial charge in [-0.3, -0.25) is 4.79 Å². The summed E-state index contributed by atoms with van der Waals surface area (Å²) in [5.74, 6) is 1.17. The standard InChI is InChI=1S/C19H22N6O2/c1-13(2)18-10-16(21-27-18)17-4-3-9-25(17)19(26)15-7-5-14(6-8-15)11-24-12-20-22-23-24/h5-8,10,12-13,17H,3-4,9,11H2,1-2H3/t17-/m0/s1. The van der Waals surface area contributed by atoms with E-state index in [9.17, 15) is 4.79 Å². The molecule has 1 saturated heterocycles. The number of likely N-dealkylation sites (tertiary alicyclic amines) is 1. The Balaban J connectivity index is 1.49. The van der Waals surface area contributed by atoms with Crippen LogP contribution in [0.15, 0.2) is 41.2 Å². The number of benzene rings is 1. The lowest BCUT2D eigenvalue weighted by atomic mass is 10.1. The third kappa shape index (κ3) is 3.60. The molecule has 1 fully saturated rings. The first kappa shape index (κ1) is 17.4. The van der Waals surface area contributed by atoms with E-state index in [4.69, 9.17) is 4.52 Å². The van der Waals surface area contributed by atoms with Crippen molar-refractivity contribution in [2.75, 3.05) is 6.54 Å². The predicted molar refractivity (Wildman–Crippen MR) is 97.0 cm³/mol. The quantitative estimate of drug-likeness (QED) is 0.690. The van der Waals surface area contributed by atoms with Gasteiger partial charge in [0.25, 0.3) is 5.91 Å². The zero-order valence-corrected chi connectivity index (χ0v) is 15.4. The highest BCUT2D eigenvalue weighted by molar-refractivity contribution is 5.94. The predicted octanol–water partition coefficient (Wildman–Crippen LogP) is 2.81. The molecule has 3 heterocycles. The molecule has 1 aliphatic rings. The molecule has 0 bridgehead atoms. The maximum absolute atomic E-state index is 13.0. The summed E-state index contributed by atoms with van der Waals surface area (Å²) in [4.78, 5) is 14.9. The van der Waals surface area contributed by atoms with Crippen LogP contribution in [0.25, 0.3) is 0 Å². The third-order valence-corrected chi connectivity index (χ3v) is 4.91. The normalized spacial score (nSPS) is 17.0. The van der Waals surface area contributed by atoms with E-state index in [1.807, 2.05) is 35.2 Å². The van der Waals surface area contributed by atoms with Crippen molar-refractivity contribution >= 4 is 5.91 Å². The second-order valence-electron chi connectivity index (χ2n) is 7.17. The maximum Gasteiger partial charge on any atom is 0.254 e. The fourth-order valence-corrected chi connectivity index (χ4v) is 3.41. The zero-order chi connectivity index (χ0) is 18.8. The van der Waals surface area contributed by atoms with Crippen molar-refractivity contribution in [2.45, 2.75) is 45.2 Å². The molecule has 1 aromatic carbocycles. The Labute approximate surface area is 157 Å². The third-order valence-electron chi connectivity index (χ3n) is 4.91. The molecule has 8 heteroatoms. The molecule has 0 spiro atoms. The van der Waals surface area contributed by atoms with E-state index in [2.05, 4.69) is 34.5 Å². The van der Waals surface area contributed by atoms with Gasteiger partial charge in [-0.25, -0.2) is 4.68 Å². The minimum Gasteiger partial charge on any atom is -0.361 e. The SMILES string of the molecule is CC(C)c1cc([C@@H]2CCCN2C(=O)c2ccc(Cn3cnnn3)cc2)no1. The molecule has 4 rings (SSSR count). The number of nitrogens with zero attached hydrogens (tertiary/aromatic N) is 6. The first-order chi connectivity index (χ1) is 13.1. The Kier molecular flexibility index (Phi) is 4.70. The van der Waals surface area contributed by atoms with Crippen LogP contribution in [0.5, 0.6) is 0 Å². The van der Waals surface area contributed by atoms with Crippen molar-refractivity contribution < 1.29 is 9.32 Å². The second-order valence-corrected chi connectivity index (χ2v) is 7.17. The summed E-state index contributed by atoms with van der Waals surface area (Å²) in [5.41, 5.74) is 2.56. The number of rotatable bonds is 5. The molecule has 1 atom stereocenters. The van der Waals surface area contributed by atoms with Crippen LogP contribution in [-0.4, -0.2) is 42.7 Å². The molecule has 0 N–H and O–H groups in total. The molecule has 140 valence electrons.